The van der Waals surface area contributed by atoms with E-state index in [4.69, 9.17) is 0 Å². The molecule has 0 amide bonds. The molecule has 3 aromatic rings. The number of aryl methyl sites for hydroxylation is 1. The van der Waals surface area contributed by atoms with Gasteiger partial charge in [0.1, 0.15) is 0 Å². The first-order valence-corrected chi connectivity index (χ1v) is 10.7. The van der Waals surface area contributed by atoms with E-state index in [0.29, 0.717) is 5.69 Å². The molecule has 1 aliphatic carbocycles. The van der Waals surface area contributed by atoms with Gasteiger partial charge in [-0.05, 0) is 85.0 Å². The fourth-order valence-corrected chi connectivity index (χ4v) is 4.68. The number of sulfonamides is 1. The largest absolute Gasteiger partial charge is 0.356 e. The minimum atomic E-state index is -3.66. The average molecular weight is 391 g/mol. The molecule has 0 heterocycles. The summed E-state index contributed by atoms with van der Waals surface area (Å²) < 4.78 is 28.5. The molecular weight excluding hydrogens is 368 g/mol. The predicted molar refractivity (Wildman–Crippen MR) is 116 cm³/mol. The average Bonchev–Trinajstić information content (AvgIpc) is 3.08. The summed E-state index contributed by atoms with van der Waals surface area (Å²) in [5.41, 5.74) is 7.01. The van der Waals surface area contributed by atoms with Crippen LogP contribution in [0.3, 0.4) is 0 Å². The zero-order valence-corrected chi connectivity index (χ0v) is 16.7. The zero-order valence-electron chi connectivity index (χ0n) is 15.9. The van der Waals surface area contributed by atoms with Gasteiger partial charge in [-0.1, -0.05) is 30.3 Å². The summed E-state index contributed by atoms with van der Waals surface area (Å²) in [7, 11) is -3.66. The van der Waals surface area contributed by atoms with Gasteiger partial charge in [0.15, 0.2) is 0 Å². The quantitative estimate of drug-likeness (QED) is 0.605. The number of fused-ring (bicyclic) bond motifs is 1. The van der Waals surface area contributed by atoms with Crippen LogP contribution in [0.5, 0.6) is 0 Å². The molecule has 142 valence electrons. The second kappa shape index (κ2) is 7.17. The molecule has 0 bridgehead atoms. The molecule has 3 aromatic carbocycles. The van der Waals surface area contributed by atoms with Crippen LogP contribution in [0.4, 0.5) is 17.1 Å². The predicted octanol–water partition coefficient (Wildman–Crippen LogP) is 5.50. The molecule has 0 aliphatic heterocycles. The lowest BCUT2D eigenvalue weighted by molar-refractivity contribution is 0.601. The Balaban J connectivity index is 1.57. The Hall–Kier alpha value is -3.05. The van der Waals surface area contributed by atoms with E-state index in [-0.39, 0.29) is 4.90 Å². The topological polar surface area (TPSA) is 58.2 Å². The highest BCUT2D eigenvalue weighted by atomic mass is 32.2. The van der Waals surface area contributed by atoms with E-state index in [1.165, 1.54) is 11.1 Å². The maximum atomic E-state index is 12.9. The van der Waals surface area contributed by atoms with Crippen LogP contribution in [0.25, 0.3) is 5.57 Å². The summed E-state index contributed by atoms with van der Waals surface area (Å²) in [6.07, 6.45) is 2.89. The van der Waals surface area contributed by atoms with E-state index in [9.17, 15) is 8.42 Å². The van der Waals surface area contributed by atoms with Gasteiger partial charge in [-0.25, -0.2) is 8.42 Å². The van der Waals surface area contributed by atoms with Gasteiger partial charge in [-0.3, -0.25) is 4.72 Å². The number of nitrogens with one attached hydrogen (secondary N) is 2. The Morgan fingerprint density at radius 1 is 0.821 bits per heavy atom. The Morgan fingerprint density at radius 3 is 2.21 bits per heavy atom. The van der Waals surface area contributed by atoms with E-state index >= 15 is 0 Å². The molecule has 4 nitrogen and oxygen atoms in total. The molecular formula is C23H22N2O2S. The molecule has 4 rings (SSSR count). The molecule has 1 aliphatic rings. The van der Waals surface area contributed by atoms with Crippen molar-refractivity contribution in [3.05, 3.63) is 89.5 Å². The van der Waals surface area contributed by atoms with Gasteiger partial charge in [0, 0.05) is 11.4 Å². The summed E-state index contributed by atoms with van der Waals surface area (Å²) in [5, 5.41) is 3.26. The third-order valence-corrected chi connectivity index (χ3v) is 6.38. The highest BCUT2D eigenvalue weighted by Crippen LogP contribution is 2.35. The number of rotatable bonds is 5. The van der Waals surface area contributed by atoms with Crippen molar-refractivity contribution < 1.29 is 8.42 Å². The van der Waals surface area contributed by atoms with Crippen molar-refractivity contribution in [2.75, 3.05) is 10.0 Å². The first-order chi connectivity index (χ1) is 13.4. The van der Waals surface area contributed by atoms with Crippen molar-refractivity contribution in [1.29, 1.82) is 0 Å². The van der Waals surface area contributed by atoms with Gasteiger partial charge < -0.3 is 5.32 Å². The van der Waals surface area contributed by atoms with Gasteiger partial charge >= 0.3 is 0 Å². The highest BCUT2D eigenvalue weighted by molar-refractivity contribution is 7.92. The van der Waals surface area contributed by atoms with Gasteiger partial charge in [0.25, 0.3) is 10.0 Å². The normalized spacial score (nSPS) is 13.0. The third kappa shape index (κ3) is 3.53. The Bertz CT molecular complexity index is 1150. The van der Waals surface area contributed by atoms with Crippen LogP contribution < -0.4 is 10.0 Å². The monoisotopic (exact) mass is 390 g/mol. The fourth-order valence-electron chi connectivity index (χ4n) is 3.59. The van der Waals surface area contributed by atoms with Gasteiger partial charge in [-0.15, -0.1) is 0 Å². The number of anilines is 3. The number of allylic oxidation sites excluding steroid dienone is 2. The Labute approximate surface area is 166 Å². The van der Waals surface area contributed by atoms with Crippen LogP contribution in [0.15, 0.2) is 77.7 Å². The van der Waals surface area contributed by atoms with Crippen LogP contribution in [0, 0.1) is 6.92 Å². The molecule has 0 fully saturated rings. The van der Waals surface area contributed by atoms with Crippen molar-refractivity contribution in [2.45, 2.75) is 25.2 Å². The lowest BCUT2D eigenvalue weighted by Gasteiger charge is -2.15. The summed E-state index contributed by atoms with van der Waals surface area (Å²) in [4.78, 5) is 0.239. The van der Waals surface area contributed by atoms with Crippen molar-refractivity contribution in [3.8, 4) is 0 Å². The molecule has 0 atom stereocenters. The molecule has 5 heteroatoms. The number of para-hydroxylation sites is 1. The van der Waals surface area contributed by atoms with E-state index in [0.717, 1.165) is 28.9 Å². The Morgan fingerprint density at radius 2 is 1.50 bits per heavy atom. The van der Waals surface area contributed by atoms with E-state index in [1.54, 1.807) is 24.3 Å². The molecule has 0 saturated heterocycles. The molecule has 0 aromatic heterocycles. The molecule has 0 unspecified atom stereocenters. The first-order valence-electron chi connectivity index (χ1n) is 9.18. The smallest absolute Gasteiger partial charge is 0.261 e. The van der Waals surface area contributed by atoms with E-state index in [2.05, 4.69) is 30.0 Å². The van der Waals surface area contributed by atoms with Crippen LogP contribution in [-0.4, -0.2) is 8.42 Å². The van der Waals surface area contributed by atoms with E-state index < -0.39 is 10.0 Å². The Kier molecular flexibility index (Phi) is 4.69. The maximum absolute atomic E-state index is 12.9. The van der Waals surface area contributed by atoms with Crippen LogP contribution in [0.2, 0.25) is 0 Å². The molecule has 0 saturated carbocycles. The van der Waals surface area contributed by atoms with E-state index in [1.807, 2.05) is 42.5 Å². The second-order valence-corrected chi connectivity index (χ2v) is 8.68. The second-order valence-electron chi connectivity index (χ2n) is 7.00. The van der Waals surface area contributed by atoms with Crippen molar-refractivity contribution in [3.63, 3.8) is 0 Å². The summed E-state index contributed by atoms with van der Waals surface area (Å²) in [5.74, 6) is 0. The molecule has 2 N–H and O–H groups in total. The first kappa shape index (κ1) is 18.3. The summed E-state index contributed by atoms with van der Waals surface area (Å²) >= 11 is 0. The standard InChI is InChI=1S/C23H22N2O2S/c1-16-8-14-21-22(15-9-17(2)23(16)21)25-28(26,27)20-12-10-19(11-13-20)24-18-6-4-3-5-7-18/h3-13,15,24-25H,14H2,1-2H3. The lowest BCUT2D eigenvalue weighted by atomic mass is 9.99. The van der Waals surface area contributed by atoms with Gasteiger partial charge in [0.05, 0.1) is 10.6 Å². The van der Waals surface area contributed by atoms with Gasteiger partial charge in [-0.2, -0.15) is 0 Å². The minimum absolute atomic E-state index is 0.239. The number of hydrogen-bond acceptors (Lipinski definition) is 3. The van der Waals surface area contributed by atoms with Crippen LogP contribution in [-0.2, 0) is 16.4 Å². The van der Waals surface area contributed by atoms with Crippen LogP contribution in [0.1, 0.15) is 23.6 Å². The summed E-state index contributed by atoms with van der Waals surface area (Å²) in [6, 6.07) is 20.3. The van der Waals surface area contributed by atoms with Crippen molar-refractivity contribution in [2.24, 2.45) is 0 Å². The van der Waals surface area contributed by atoms with Gasteiger partial charge in [0.2, 0.25) is 0 Å². The minimum Gasteiger partial charge on any atom is -0.356 e. The van der Waals surface area contributed by atoms with Crippen molar-refractivity contribution >= 4 is 32.7 Å². The van der Waals surface area contributed by atoms with Crippen molar-refractivity contribution in [1.82, 2.24) is 0 Å². The van der Waals surface area contributed by atoms with Crippen LogP contribution >= 0.6 is 0 Å². The fraction of sp³-hybridized carbons (Fsp3) is 0.130. The highest BCUT2D eigenvalue weighted by Gasteiger charge is 2.21. The lowest BCUT2D eigenvalue weighted by Crippen LogP contribution is -2.14. The molecule has 0 radical (unpaired) electrons. The number of hydrogen-bond donors (Lipinski definition) is 2. The maximum Gasteiger partial charge on any atom is 0.261 e. The SMILES string of the molecule is CC1=CCc2c(NS(=O)(=O)c3ccc(Nc4ccccc4)cc3)ccc(C)c21. The number of benzene rings is 3. The molecule has 28 heavy (non-hydrogen) atoms. The summed E-state index contributed by atoms with van der Waals surface area (Å²) in [6.45, 7) is 4.12. The zero-order chi connectivity index (χ0) is 19.7. The molecule has 0 spiro atoms. The third-order valence-electron chi connectivity index (χ3n) is 5.00.